The molecule has 178 valence electrons. The Morgan fingerprint density at radius 3 is 1.22 bits per heavy atom. The first kappa shape index (κ1) is 27.0. The Labute approximate surface area is 204 Å². The molecule has 0 spiro atoms. The number of hydrogen-bond donors (Lipinski definition) is 2. The van der Waals surface area contributed by atoms with Crippen LogP contribution in [0.3, 0.4) is 0 Å². The third kappa shape index (κ3) is 8.26. The van der Waals surface area contributed by atoms with E-state index < -0.39 is 0 Å². The van der Waals surface area contributed by atoms with Gasteiger partial charge in [-0.1, -0.05) is 65.5 Å². The Hall–Kier alpha value is -1.26. The number of aryl methyl sites for hydroxylation is 4. The zero-order valence-corrected chi connectivity index (χ0v) is 22.1. The molecule has 2 N–H and O–H groups in total. The van der Waals surface area contributed by atoms with Crippen LogP contribution in [0.2, 0.25) is 0 Å². The molecule has 2 aromatic carbocycles. The van der Waals surface area contributed by atoms with E-state index in [0.717, 1.165) is 85.1 Å². The minimum Gasteiger partial charge on any atom is -0.506 e. The van der Waals surface area contributed by atoms with Gasteiger partial charge in [-0.3, -0.25) is 0 Å². The summed E-state index contributed by atoms with van der Waals surface area (Å²) in [5, 5.41) is 21.9. The fourth-order valence-corrected chi connectivity index (χ4v) is 6.14. The van der Waals surface area contributed by atoms with Crippen molar-refractivity contribution in [1.82, 2.24) is 0 Å². The van der Waals surface area contributed by atoms with Crippen LogP contribution in [0.4, 0.5) is 0 Å². The van der Waals surface area contributed by atoms with Crippen molar-refractivity contribution >= 4 is 21.6 Å². The van der Waals surface area contributed by atoms with Crippen LogP contribution < -0.4 is 0 Å². The lowest BCUT2D eigenvalue weighted by Gasteiger charge is -2.15. The lowest BCUT2D eigenvalue weighted by molar-refractivity contribution is 0.452. The molecule has 2 aromatic rings. The summed E-state index contributed by atoms with van der Waals surface area (Å²) in [7, 11) is 3.16. The second kappa shape index (κ2) is 14.8. The molecule has 2 rings (SSSR count). The molecule has 0 unspecified atom stereocenters. The van der Waals surface area contributed by atoms with Crippen molar-refractivity contribution in [2.45, 2.75) is 115 Å². The van der Waals surface area contributed by atoms with Crippen LogP contribution >= 0.6 is 21.6 Å². The largest absolute Gasteiger partial charge is 0.506 e. The van der Waals surface area contributed by atoms with Crippen LogP contribution in [0, 0.1) is 0 Å². The third-order valence-corrected chi connectivity index (χ3v) is 8.28. The number of phenolic OH excluding ortho intramolecular Hbond substituents is 2. The monoisotopic (exact) mass is 474 g/mol. The second-order valence-electron chi connectivity index (χ2n) is 8.78. The van der Waals surface area contributed by atoms with Crippen molar-refractivity contribution in [2.24, 2.45) is 0 Å². The van der Waals surface area contributed by atoms with E-state index in [1.807, 2.05) is 0 Å². The summed E-state index contributed by atoms with van der Waals surface area (Å²) >= 11 is 0. The van der Waals surface area contributed by atoms with Gasteiger partial charge in [0.15, 0.2) is 0 Å². The highest BCUT2D eigenvalue weighted by Crippen LogP contribution is 2.47. The van der Waals surface area contributed by atoms with E-state index in [2.05, 4.69) is 52.0 Å². The van der Waals surface area contributed by atoms with Gasteiger partial charge in [0.1, 0.15) is 11.5 Å². The van der Waals surface area contributed by atoms with Gasteiger partial charge in [-0.05, 0) is 107 Å². The maximum Gasteiger partial charge on any atom is 0.133 e. The number of hydrogen-bond acceptors (Lipinski definition) is 4. The molecule has 0 aliphatic heterocycles. The van der Waals surface area contributed by atoms with Crippen LogP contribution in [-0.4, -0.2) is 10.2 Å². The minimum atomic E-state index is 0.420. The molecule has 0 amide bonds. The number of aromatic hydroxyl groups is 2. The summed E-state index contributed by atoms with van der Waals surface area (Å²) in [6.07, 6.45) is 13.0. The van der Waals surface area contributed by atoms with Crippen LogP contribution in [0.15, 0.2) is 34.1 Å². The van der Waals surface area contributed by atoms with E-state index in [9.17, 15) is 10.2 Å². The zero-order chi connectivity index (χ0) is 23.3. The van der Waals surface area contributed by atoms with Crippen LogP contribution in [0.1, 0.15) is 101 Å². The van der Waals surface area contributed by atoms with Crippen molar-refractivity contribution < 1.29 is 10.2 Å². The van der Waals surface area contributed by atoms with E-state index in [-0.39, 0.29) is 0 Å². The summed E-state index contributed by atoms with van der Waals surface area (Å²) in [5.41, 5.74) is 4.74. The van der Waals surface area contributed by atoms with E-state index in [4.69, 9.17) is 0 Å². The molecule has 32 heavy (non-hydrogen) atoms. The fourth-order valence-electron chi connectivity index (χ4n) is 3.84. The number of rotatable bonds is 15. The number of unbranched alkanes of at least 4 members (excludes halogenated alkanes) is 4. The van der Waals surface area contributed by atoms with Crippen molar-refractivity contribution in [3.05, 3.63) is 46.5 Å². The molecule has 2 nitrogen and oxygen atoms in total. The van der Waals surface area contributed by atoms with E-state index in [1.165, 1.54) is 24.0 Å². The number of benzene rings is 2. The van der Waals surface area contributed by atoms with Gasteiger partial charge in [-0.15, -0.1) is 0 Å². The van der Waals surface area contributed by atoms with Crippen LogP contribution in [0.25, 0.3) is 0 Å². The van der Waals surface area contributed by atoms with Gasteiger partial charge in [0.25, 0.3) is 0 Å². The molecule has 0 atom stereocenters. The summed E-state index contributed by atoms with van der Waals surface area (Å²) < 4.78 is 0. The average Bonchev–Trinajstić information content (AvgIpc) is 2.80. The normalized spacial score (nSPS) is 11.2. The van der Waals surface area contributed by atoms with E-state index >= 15 is 0 Å². The van der Waals surface area contributed by atoms with Gasteiger partial charge in [0, 0.05) is 0 Å². The third-order valence-electron chi connectivity index (χ3n) is 5.89. The summed E-state index contributed by atoms with van der Waals surface area (Å²) in [6, 6.07) is 8.68. The van der Waals surface area contributed by atoms with Gasteiger partial charge in [0.05, 0.1) is 9.79 Å². The molecule has 4 heteroatoms. The van der Waals surface area contributed by atoms with Gasteiger partial charge in [-0.2, -0.15) is 0 Å². The standard InChI is InChI=1S/C28H42O2S2/c1-5-9-13-21-17-23(15-11-7-3)27(29)25(19-21)31-32-26-20-22(14-10-6-2)18-24(28(26)30)16-12-8-4/h17-20,29-30H,5-16H2,1-4H3. The SMILES string of the molecule is CCCCc1cc(CCCC)c(O)c(SSc2cc(CCCC)cc(CCCC)c2O)c1. The maximum absolute atomic E-state index is 11.0. The number of phenols is 2. The summed E-state index contributed by atoms with van der Waals surface area (Å²) in [6.45, 7) is 8.81. The second-order valence-corrected chi connectivity index (χ2v) is 11.0. The predicted octanol–water partition coefficient (Wildman–Crippen LogP) is 9.27. The molecule has 0 saturated carbocycles. The average molecular weight is 475 g/mol. The lowest BCUT2D eigenvalue weighted by Crippen LogP contribution is -1.94. The molecule has 0 aliphatic carbocycles. The molecule has 0 bridgehead atoms. The summed E-state index contributed by atoms with van der Waals surface area (Å²) in [4.78, 5) is 1.84. The first-order valence-corrected chi connectivity index (χ1v) is 14.7. The first-order valence-electron chi connectivity index (χ1n) is 12.6. The van der Waals surface area contributed by atoms with Crippen molar-refractivity contribution in [3.8, 4) is 11.5 Å². The van der Waals surface area contributed by atoms with Crippen LogP contribution in [-0.2, 0) is 25.7 Å². The minimum absolute atomic E-state index is 0.420. The lowest BCUT2D eigenvalue weighted by atomic mass is 10.0. The Morgan fingerprint density at radius 2 is 0.875 bits per heavy atom. The van der Waals surface area contributed by atoms with Crippen molar-refractivity contribution in [3.63, 3.8) is 0 Å². The highest BCUT2D eigenvalue weighted by atomic mass is 33.1. The summed E-state index contributed by atoms with van der Waals surface area (Å²) in [5.74, 6) is 0.841. The fraction of sp³-hybridized carbons (Fsp3) is 0.571. The highest BCUT2D eigenvalue weighted by Gasteiger charge is 2.15. The van der Waals surface area contributed by atoms with E-state index in [1.54, 1.807) is 21.6 Å². The van der Waals surface area contributed by atoms with Crippen LogP contribution in [0.5, 0.6) is 11.5 Å². The van der Waals surface area contributed by atoms with Crippen molar-refractivity contribution in [1.29, 1.82) is 0 Å². The van der Waals surface area contributed by atoms with Gasteiger partial charge in [0.2, 0.25) is 0 Å². The zero-order valence-electron chi connectivity index (χ0n) is 20.5. The molecule has 0 radical (unpaired) electrons. The Morgan fingerprint density at radius 1 is 0.531 bits per heavy atom. The van der Waals surface area contributed by atoms with E-state index in [0.29, 0.717) is 11.5 Å². The molecule has 0 aliphatic rings. The smallest absolute Gasteiger partial charge is 0.133 e. The van der Waals surface area contributed by atoms with Gasteiger partial charge < -0.3 is 10.2 Å². The molecule has 0 heterocycles. The predicted molar refractivity (Wildman–Crippen MR) is 142 cm³/mol. The van der Waals surface area contributed by atoms with Gasteiger partial charge in [-0.25, -0.2) is 0 Å². The maximum atomic E-state index is 11.0. The molecular weight excluding hydrogens is 432 g/mol. The Bertz CT molecular complexity index is 763. The van der Waals surface area contributed by atoms with Gasteiger partial charge >= 0.3 is 0 Å². The highest BCUT2D eigenvalue weighted by molar-refractivity contribution is 8.76. The molecule has 0 saturated heterocycles. The Kier molecular flexibility index (Phi) is 12.5. The quantitative estimate of drug-likeness (QED) is 0.252. The molecule has 0 aromatic heterocycles. The molecule has 0 fully saturated rings. The first-order chi connectivity index (χ1) is 15.5. The molecular formula is C28H42O2S2. The van der Waals surface area contributed by atoms with Crippen molar-refractivity contribution in [2.75, 3.05) is 0 Å². The topological polar surface area (TPSA) is 40.5 Å². The Balaban J connectivity index is 2.30.